The van der Waals surface area contributed by atoms with E-state index in [1.807, 2.05) is 13.0 Å². The summed E-state index contributed by atoms with van der Waals surface area (Å²) in [5, 5.41) is 7.15. The Morgan fingerprint density at radius 3 is 2.86 bits per heavy atom. The topological polar surface area (TPSA) is 113 Å². The minimum Gasteiger partial charge on any atom is -0.394 e. The van der Waals surface area contributed by atoms with Gasteiger partial charge in [-0.1, -0.05) is 6.07 Å². The van der Waals surface area contributed by atoms with E-state index in [1.165, 1.54) is 12.3 Å². The first-order valence-corrected chi connectivity index (χ1v) is 9.32. The predicted octanol–water partition coefficient (Wildman–Crippen LogP) is 2.33. The van der Waals surface area contributed by atoms with Gasteiger partial charge < -0.3 is 20.4 Å². The monoisotopic (exact) mass is 394 g/mol. The van der Waals surface area contributed by atoms with Crippen molar-refractivity contribution in [2.24, 2.45) is 0 Å². The molecule has 3 aromatic heterocycles. The van der Waals surface area contributed by atoms with Gasteiger partial charge in [0.05, 0.1) is 30.4 Å². The number of aromatic amines is 2. The minimum atomic E-state index is -0.424. The van der Waals surface area contributed by atoms with E-state index in [1.54, 1.807) is 6.07 Å². The van der Waals surface area contributed by atoms with Crippen LogP contribution in [-0.4, -0.2) is 46.5 Å². The number of halogens is 1. The molecule has 1 aromatic carbocycles. The highest BCUT2D eigenvalue weighted by Crippen LogP contribution is 2.36. The molecule has 4 N–H and O–H groups in total. The molecular formula is C20H19FN6O2. The summed E-state index contributed by atoms with van der Waals surface area (Å²) in [6.07, 6.45) is 1.53. The third-order valence-corrected chi connectivity index (χ3v) is 5.33. The van der Waals surface area contributed by atoms with Crippen LogP contribution in [0.25, 0.3) is 33.1 Å². The Bertz CT molecular complexity index is 1310. The number of benzene rings is 1. The molecule has 1 aliphatic heterocycles. The average molecular weight is 394 g/mol. The lowest BCUT2D eigenvalue weighted by molar-refractivity contribution is 0.122. The first-order valence-electron chi connectivity index (χ1n) is 9.32. The van der Waals surface area contributed by atoms with Crippen LogP contribution >= 0.6 is 0 Å². The molecule has 0 bridgehead atoms. The normalized spacial score (nSPS) is 14.8. The number of fused-ring (bicyclic) bond motifs is 2. The zero-order valence-corrected chi connectivity index (χ0v) is 15.8. The van der Waals surface area contributed by atoms with Crippen LogP contribution in [0.3, 0.4) is 0 Å². The van der Waals surface area contributed by atoms with Crippen LogP contribution in [0.1, 0.15) is 5.56 Å². The van der Waals surface area contributed by atoms with Crippen LogP contribution in [0.4, 0.5) is 15.9 Å². The number of H-pyrrole nitrogens is 2. The summed E-state index contributed by atoms with van der Waals surface area (Å²) in [5.74, 6) is 0.394. The second-order valence-corrected chi connectivity index (χ2v) is 7.12. The summed E-state index contributed by atoms with van der Waals surface area (Å²) in [6, 6.07) is 4.83. The molecule has 1 fully saturated rings. The van der Waals surface area contributed by atoms with Crippen molar-refractivity contribution in [2.45, 2.75) is 6.92 Å². The van der Waals surface area contributed by atoms with E-state index in [4.69, 9.17) is 15.5 Å². The van der Waals surface area contributed by atoms with Crippen molar-refractivity contribution in [3.8, 4) is 11.1 Å². The Morgan fingerprint density at radius 1 is 1.28 bits per heavy atom. The van der Waals surface area contributed by atoms with Crippen molar-refractivity contribution >= 4 is 33.4 Å². The van der Waals surface area contributed by atoms with Crippen molar-refractivity contribution in [3.63, 3.8) is 0 Å². The number of aromatic nitrogens is 4. The third-order valence-electron chi connectivity index (χ3n) is 5.33. The van der Waals surface area contributed by atoms with Gasteiger partial charge in [0, 0.05) is 24.0 Å². The van der Waals surface area contributed by atoms with Crippen LogP contribution in [0.5, 0.6) is 0 Å². The molecule has 0 unspecified atom stereocenters. The molecule has 0 radical (unpaired) electrons. The summed E-state index contributed by atoms with van der Waals surface area (Å²) in [7, 11) is 0. The highest BCUT2D eigenvalue weighted by molar-refractivity contribution is 6.06. The third kappa shape index (κ3) is 2.73. The Balaban J connectivity index is 1.84. The molecule has 0 aliphatic carbocycles. The van der Waals surface area contributed by atoms with Gasteiger partial charge in [0.1, 0.15) is 22.8 Å². The molecule has 0 spiro atoms. The van der Waals surface area contributed by atoms with E-state index in [2.05, 4.69) is 20.1 Å². The Labute approximate surface area is 164 Å². The number of hydrogen-bond acceptors (Lipinski definition) is 6. The Hall–Kier alpha value is -3.46. The van der Waals surface area contributed by atoms with E-state index >= 15 is 0 Å². The van der Waals surface area contributed by atoms with E-state index < -0.39 is 11.4 Å². The Kier molecular flexibility index (Phi) is 3.99. The molecule has 0 amide bonds. The molecule has 1 aliphatic rings. The number of nitrogens with one attached hydrogen (secondary N) is 2. The minimum absolute atomic E-state index is 0.0379. The van der Waals surface area contributed by atoms with Crippen molar-refractivity contribution in [1.82, 2.24) is 20.2 Å². The number of nitrogens with zero attached hydrogens (tertiary/aromatic N) is 3. The number of anilines is 2. The quantitative estimate of drug-likeness (QED) is 0.481. The lowest BCUT2D eigenvalue weighted by Gasteiger charge is -2.29. The number of rotatable bonds is 2. The van der Waals surface area contributed by atoms with Gasteiger partial charge in [-0.2, -0.15) is 5.10 Å². The SMILES string of the molecule is Cc1cc2[nH]c(=O)c(N)c(-c3ccc(F)c4[nH]ncc34)c2nc1N1CCOCC1. The predicted molar refractivity (Wildman–Crippen MR) is 110 cm³/mol. The summed E-state index contributed by atoms with van der Waals surface area (Å²) in [5.41, 5.74) is 9.25. The fraction of sp³-hybridized carbons (Fsp3) is 0.250. The van der Waals surface area contributed by atoms with Gasteiger partial charge in [-0.15, -0.1) is 0 Å². The number of hydrogen-bond donors (Lipinski definition) is 3. The van der Waals surface area contributed by atoms with Crippen molar-refractivity contribution in [2.75, 3.05) is 36.9 Å². The van der Waals surface area contributed by atoms with Crippen LogP contribution < -0.4 is 16.2 Å². The van der Waals surface area contributed by atoms with Crippen LogP contribution in [0.15, 0.2) is 29.2 Å². The Morgan fingerprint density at radius 2 is 2.07 bits per heavy atom. The summed E-state index contributed by atoms with van der Waals surface area (Å²) in [4.78, 5) is 22.4. The molecular weight excluding hydrogens is 375 g/mol. The molecule has 5 rings (SSSR count). The van der Waals surface area contributed by atoms with Gasteiger partial charge in [0.2, 0.25) is 0 Å². The van der Waals surface area contributed by atoms with Gasteiger partial charge in [-0.25, -0.2) is 9.37 Å². The number of pyridine rings is 2. The fourth-order valence-electron chi connectivity index (χ4n) is 3.91. The molecule has 29 heavy (non-hydrogen) atoms. The lowest BCUT2D eigenvalue weighted by Crippen LogP contribution is -2.37. The van der Waals surface area contributed by atoms with Crippen LogP contribution in [0, 0.1) is 12.7 Å². The van der Waals surface area contributed by atoms with Crippen molar-refractivity contribution in [3.05, 3.63) is 46.1 Å². The molecule has 0 atom stereocenters. The van der Waals surface area contributed by atoms with E-state index in [0.717, 1.165) is 24.5 Å². The molecule has 9 heteroatoms. The van der Waals surface area contributed by atoms with Gasteiger partial charge in [-0.05, 0) is 30.2 Å². The first kappa shape index (κ1) is 17.6. The highest BCUT2D eigenvalue weighted by atomic mass is 19.1. The number of nitrogens with two attached hydrogens (primary N) is 1. The zero-order chi connectivity index (χ0) is 20.1. The zero-order valence-electron chi connectivity index (χ0n) is 15.8. The largest absolute Gasteiger partial charge is 0.394 e. The molecule has 1 saturated heterocycles. The smallest absolute Gasteiger partial charge is 0.272 e. The number of morpholine rings is 1. The van der Waals surface area contributed by atoms with Crippen LogP contribution in [-0.2, 0) is 4.74 Å². The van der Waals surface area contributed by atoms with E-state index in [9.17, 15) is 9.18 Å². The molecule has 0 saturated carbocycles. The molecule has 148 valence electrons. The number of aryl methyl sites for hydroxylation is 1. The van der Waals surface area contributed by atoms with E-state index in [0.29, 0.717) is 40.8 Å². The van der Waals surface area contributed by atoms with Gasteiger partial charge >= 0.3 is 0 Å². The summed E-state index contributed by atoms with van der Waals surface area (Å²) < 4.78 is 19.6. The van der Waals surface area contributed by atoms with Crippen molar-refractivity contribution < 1.29 is 9.13 Å². The lowest BCUT2D eigenvalue weighted by atomic mass is 9.99. The average Bonchev–Trinajstić information content (AvgIpc) is 3.22. The second-order valence-electron chi connectivity index (χ2n) is 7.12. The first-order chi connectivity index (χ1) is 14.0. The highest BCUT2D eigenvalue weighted by Gasteiger charge is 2.21. The maximum atomic E-state index is 14.2. The van der Waals surface area contributed by atoms with Gasteiger partial charge in [-0.3, -0.25) is 9.89 Å². The standard InChI is InChI=1S/C20H19FN6O2/c1-10-8-14-18(25-19(10)27-4-6-29-7-5-27)15(16(22)20(28)24-14)11-2-3-13(21)17-12(11)9-23-26-17/h2-3,8-9H,4-7,22H2,1H3,(H,23,26)(H,24,28). The number of nitrogen functional groups attached to an aromatic ring is 1. The van der Waals surface area contributed by atoms with Gasteiger partial charge in [0.25, 0.3) is 5.56 Å². The van der Waals surface area contributed by atoms with Gasteiger partial charge in [0.15, 0.2) is 0 Å². The molecule has 4 heterocycles. The van der Waals surface area contributed by atoms with Crippen LogP contribution in [0.2, 0.25) is 0 Å². The molecule has 4 aromatic rings. The maximum absolute atomic E-state index is 14.2. The van der Waals surface area contributed by atoms with Crippen molar-refractivity contribution in [1.29, 1.82) is 0 Å². The summed E-state index contributed by atoms with van der Waals surface area (Å²) in [6.45, 7) is 4.69. The molecule has 8 nitrogen and oxygen atoms in total. The maximum Gasteiger partial charge on any atom is 0.272 e. The summed E-state index contributed by atoms with van der Waals surface area (Å²) >= 11 is 0. The number of ether oxygens (including phenoxy) is 1. The second kappa shape index (κ2) is 6.56. The van der Waals surface area contributed by atoms with E-state index in [-0.39, 0.29) is 11.2 Å². The fourth-order valence-corrected chi connectivity index (χ4v) is 3.91.